The molecular weight excluding hydrogens is 336 g/mol. The molecule has 0 spiro atoms. The third kappa shape index (κ3) is 8.23. The first-order valence-electron chi connectivity index (χ1n) is 11.7. The second-order valence-electron chi connectivity index (χ2n) is 8.88. The van der Waals surface area contributed by atoms with Crippen LogP contribution >= 0.6 is 0 Å². The van der Waals surface area contributed by atoms with Gasteiger partial charge in [-0.3, -0.25) is 4.79 Å². The number of hydrogen-bond donors (Lipinski definition) is 0. The molecule has 1 atom stereocenters. The van der Waals surface area contributed by atoms with E-state index in [2.05, 4.69) is 34.6 Å². The van der Waals surface area contributed by atoms with Crippen LogP contribution in [-0.2, 0) is 14.3 Å². The molecule has 3 heteroatoms. The summed E-state index contributed by atoms with van der Waals surface area (Å²) in [4.78, 5) is 11.4. The summed E-state index contributed by atoms with van der Waals surface area (Å²) >= 11 is 0. The van der Waals surface area contributed by atoms with Crippen LogP contribution in [0.5, 0.6) is 0 Å². The lowest BCUT2D eigenvalue weighted by Gasteiger charge is -2.41. The quantitative estimate of drug-likeness (QED) is 0.199. The van der Waals surface area contributed by atoms with Crippen LogP contribution in [0.4, 0.5) is 0 Å². The molecule has 0 amide bonds. The number of carbonyl (C=O) groups excluding carboxylic acids is 1. The molecule has 0 aliphatic heterocycles. The number of Topliss-reactive ketones (excluding diaryl/α,β-unsaturated/α-hetero) is 1. The van der Waals surface area contributed by atoms with E-state index in [-0.39, 0.29) is 5.41 Å². The van der Waals surface area contributed by atoms with Crippen LogP contribution < -0.4 is 0 Å². The molecule has 0 N–H and O–H groups in total. The van der Waals surface area contributed by atoms with Crippen molar-refractivity contribution in [2.75, 3.05) is 13.2 Å². The third-order valence-corrected chi connectivity index (χ3v) is 6.38. The minimum Gasteiger partial charge on any atom is -0.350 e. The van der Waals surface area contributed by atoms with E-state index in [1.165, 1.54) is 51.4 Å². The molecule has 0 bridgehead atoms. The molecule has 1 fully saturated rings. The molecule has 1 unspecified atom stereocenters. The first-order valence-corrected chi connectivity index (χ1v) is 11.7. The summed E-state index contributed by atoms with van der Waals surface area (Å²) in [5, 5.41) is 0. The number of ketones is 1. The molecule has 0 radical (unpaired) electrons. The van der Waals surface area contributed by atoms with E-state index >= 15 is 0 Å². The summed E-state index contributed by atoms with van der Waals surface area (Å²) in [7, 11) is 0. The van der Waals surface area contributed by atoms with Gasteiger partial charge in [-0.1, -0.05) is 65.7 Å². The Hall–Kier alpha value is -0.410. The van der Waals surface area contributed by atoms with Gasteiger partial charge in [-0.25, -0.2) is 0 Å². The van der Waals surface area contributed by atoms with Gasteiger partial charge in [0.05, 0.1) is 0 Å². The Kier molecular flexibility index (Phi) is 11.8. The lowest BCUT2D eigenvalue weighted by Crippen LogP contribution is -2.44. The Bertz CT molecular complexity index is 390. The Morgan fingerprint density at radius 2 is 1.44 bits per heavy atom. The fraction of sp³-hybridized carbons (Fsp3) is 0.958. The van der Waals surface area contributed by atoms with Gasteiger partial charge in [0.1, 0.15) is 5.78 Å². The van der Waals surface area contributed by atoms with Gasteiger partial charge in [0.25, 0.3) is 0 Å². The monoisotopic (exact) mass is 382 g/mol. The van der Waals surface area contributed by atoms with Gasteiger partial charge < -0.3 is 9.47 Å². The molecule has 1 aliphatic carbocycles. The van der Waals surface area contributed by atoms with E-state index in [0.29, 0.717) is 24.9 Å². The fourth-order valence-electron chi connectivity index (χ4n) is 4.87. The third-order valence-electron chi connectivity index (χ3n) is 6.38. The lowest BCUT2D eigenvalue weighted by atomic mass is 9.66. The van der Waals surface area contributed by atoms with Gasteiger partial charge in [0.15, 0.2) is 5.79 Å². The SMILES string of the molecule is CCCCCCCCC(CCCC1(C)CC(=O)C1)C(CC)(OCC)OCC. The van der Waals surface area contributed by atoms with E-state index in [1.54, 1.807) is 0 Å². The highest BCUT2D eigenvalue weighted by molar-refractivity contribution is 5.85. The van der Waals surface area contributed by atoms with E-state index in [4.69, 9.17) is 9.47 Å². The van der Waals surface area contributed by atoms with Gasteiger partial charge in [-0.15, -0.1) is 0 Å². The average molecular weight is 383 g/mol. The fourth-order valence-corrected chi connectivity index (χ4v) is 4.87. The summed E-state index contributed by atoms with van der Waals surface area (Å²) in [6, 6.07) is 0. The molecule has 160 valence electrons. The van der Waals surface area contributed by atoms with Crippen molar-refractivity contribution in [2.24, 2.45) is 11.3 Å². The first kappa shape index (κ1) is 24.6. The van der Waals surface area contributed by atoms with Crippen molar-refractivity contribution >= 4 is 5.78 Å². The van der Waals surface area contributed by atoms with E-state index in [9.17, 15) is 4.79 Å². The molecule has 0 saturated heterocycles. The van der Waals surface area contributed by atoms with Crippen LogP contribution in [0.3, 0.4) is 0 Å². The Morgan fingerprint density at radius 1 is 0.889 bits per heavy atom. The maximum absolute atomic E-state index is 11.4. The summed E-state index contributed by atoms with van der Waals surface area (Å²) in [5.41, 5.74) is 0.258. The predicted octanol–water partition coefficient (Wildman–Crippen LogP) is 7.07. The van der Waals surface area contributed by atoms with E-state index in [0.717, 1.165) is 32.1 Å². The highest BCUT2D eigenvalue weighted by Gasteiger charge is 2.41. The minimum atomic E-state index is -0.427. The smallest absolute Gasteiger partial charge is 0.170 e. The normalized spacial score (nSPS) is 17.7. The van der Waals surface area contributed by atoms with Gasteiger partial charge in [-0.2, -0.15) is 0 Å². The van der Waals surface area contributed by atoms with Crippen LogP contribution in [0.25, 0.3) is 0 Å². The van der Waals surface area contributed by atoms with Crippen molar-refractivity contribution in [3.05, 3.63) is 0 Å². The summed E-state index contributed by atoms with van der Waals surface area (Å²) < 4.78 is 12.5. The predicted molar refractivity (Wildman–Crippen MR) is 114 cm³/mol. The topological polar surface area (TPSA) is 35.5 Å². The van der Waals surface area contributed by atoms with Crippen LogP contribution in [0.15, 0.2) is 0 Å². The number of ether oxygens (including phenoxy) is 2. The van der Waals surface area contributed by atoms with Crippen molar-refractivity contribution in [1.29, 1.82) is 0 Å². The molecular formula is C24H46O3. The van der Waals surface area contributed by atoms with Crippen LogP contribution in [0.2, 0.25) is 0 Å². The lowest BCUT2D eigenvalue weighted by molar-refractivity contribution is -0.268. The first-order chi connectivity index (χ1) is 12.9. The standard InChI is InChI=1S/C24H46O3/c1-6-10-11-12-13-14-16-21(24(7-2,26-8-3)27-9-4)17-15-18-23(5)19-22(25)20-23/h21H,6-20H2,1-5H3. The largest absolute Gasteiger partial charge is 0.350 e. The molecule has 0 heterocycles. The van der Waals surface area contributed by atoms with Crippen molar-refractivity contribution in [2.45, 2.75) is 124 Å². The zero-order valence-corrected chi connectivity index (χ0v) is 18.9. The summed E-state index contributed by atoms with van der Waals surface area (Å²) in [6.07, 6.45) is 15.1. The maximum Gasteiger partial charge on any atom is 0.170 e. The van der Waals surface area contributed by atoms with Crippen LogP contribution in [0.1, 0.15) is 118 Å². The van der Waals surface area contributed by atoms with Crippen molar-refractivity contribution < 1.29 is 14.3 Å². The van der Waals surface area contributed by atoms with Crippen molar-refractivity contribution in [1.82, 2.24) is 0 Å². The minimum absolute atomic E-state index is 0.258. The van der Waals surface area contributed by atoms with Crippen molar-refractivity contribution in [3.63, 3.8) is 0 Å². The maximum atomic E-state index is 11.4. The Morgan fingerprint density at radius 3 is 1.96 bits per heavy atom. The van der Waals surface area contributed by atoms with Crippen LogP contribution in [0, 0.1) is 11.3 Å². The number of rotatable bonds is 17. The molecule has 1 saturated carbocycles. The highest BCUT2D eigenvalue weighted by Crippen LogP contribution is 2.43. The number of unbranched alkanes of at least 4 members (excludes halogenated alkanes) is 5. The molecule has 1 rings (SSSR count). The summed E-state index contributed by atoms with van der Waals surface area (Å²) in [6.45, 7) is 12.3. The highest BCUT2D eigenvalue weighted by atomic mass is 16.7. The van der Waals surface area contributed by atoms with Crippen LogP contribution in [-0.4, -0.2) is 24.8 Å². The molecule has 1 aliphatic rings. The molecule has 27 heavy (non-hydrogen) atoms. The van der Waals surface area contributed by atoms with Gasteiger partial charge in [0.2, 0.25) is 0 Å². The molecule has 0 aromatic heterocycles. The van der Waals surface area contributed by atoms with Gasteiger partial charge >= 0.3 is 0 Å². The molecule has 3 nitrogen and oxygen atoms in total. The van der Waals surface area contributed by atoms with Crippen molar-refractivity contribution in [3.8, 4) is 0 Å². The molecule has 0 aromatic rings. The zero-order valence-electron chi connectivity index (χ0n) is 18.9. The van der Waals surface area contributed by atoms with Gasteiger partial charge in [-0.05, 0) is 44.9 Å². The molecule has 0 aromatic carbocycles. The van der Waals surface area contributed by atoms with E-state index < -0.39 is 5.79 Å². The number of carbonyl (C=O) groups is 1. The van der Waals surface area contributed by atoms with Gasteiger partial charge in [0, 0.05) is 32.0 Å². The Balaban J connectivity index is 2.61. The van der Waals surface area contributed by atoms with E-state index in [1.807, 2.05) is 0 Å². The Labute approximate surface area is 169 Å². The second-order valence-corrected chi connectivity index (χ2v) is 8.88. The summed E-state index contributed by atoms with van der Waals surface area (Å²) in [5.74, 6) is 0.462. The average Bonchev–Trinajstić information content (AvgIpc) is 2.61. The number of hydrogen-bond acceptors (Lipinski definition) is 3. The second kappa shape index (κ2) is 12.9. The zero-order chi connectivity index (χ0) is 20.2.